The lowest BCUT2D eigenvalue weighted by Gasteiger charge is -2.08. The fourth-order valence-electron chi connectivity index (χ4n) is 2.35. The summed E-state index contributed by atoms with van der Waals surface area (Å²) < 4.78 is 0.970. The number of anilines is 2. The smallest absolute Gasteiger partial charge is 0.257 e. The van der Waals surface area contributed by atoms with Gasteiger partial charge in [-0.3, -0.25) is 4.79 Å². The van der Waals surface area contributed by atoms with Crippen LogP contribution in [0.3, 0.4) is 0 Å². The molecule has 0 atom stereocenters. The summed E-state index contributed by atoms with van der Waals surface area (Å²) in [6.07, 6.45) is 2.51. The molecular weight excluding hydrogens is 378 g/mol. The van der Waals surface area contributed by atoms with Crippen LogP contribution in [0.5, 0.6) is 0 Å². The van der Waals surface area contributed by atoms with Crippen molar-refractivity contribution in [3.8, 4) is 0 Å². The quantitative estimate of drug-likeness (QED) is 0.632. The summed E-state index contributed by atoms with van der Waals surface area (Å²) in [6, 6.07) is 21.3. The molecule has 1 heterocycles. The predicted octanol–water partition coefficient (Wildman–Crippen LogP) is 4.75. The molecule has 0 fully saturated rings. The highest BCUT2D eigenvalue weighted by Crippen LogP contribution is 2.15. The van der Waals surface area contributed by atoms with E-state index in [0.29, 0.717) is 5.56 Å². The Morgan fingerprint density at radius 3 is 2.40 bits per heavy atom. The zero-order valence-electron chi connectivity index (χ0n) is 13.6. The normalized spacial score (nSPS) is 10.3. The van der Waals surface area contributed by atoms with Crippen molar-refractivity contribution < 1.29 is 4.79 Å². The minimum Gasteiger partial charge on any atom is -0.370 e. The molecule has 2 N–H and O–H groups in total. The van der Waals surface area contributed by atoms with Gasteiger partial charge in [-0.15, -0.1) is 0 Å². The van der Waals surface area contributed by atoms with Gasteiger partial charge in [-0.05, 0) is 48.4 Å². The van der Waals surface area contributed by atoms with E-state index in [1.54, 1.807) is 12.3 Å². The summed E-state index contributed by atoms with van der Waals surface area (Å²) in [5, 5.41) is 6.12. The second-order valence-corrected chi connectivity index (χ2v) is 6.47. The molecule has 126 valence electrons. The number of aromatic nitrogens is 1. The van der Waals surface area contributed by atoms with Gasteiger partial charge in [0.2, 0.25) is 0 Å². The molecule has 25 heavy (non-hydrogen) atoms. The summed E-state index contributed by atoms with van der Waals surface area (Å²) in [6.45, 7) is 0.793. The van der Waals surface area contributed by atoms with Gasteiger partial charge in [-0.25, -0.2) is 4.98 Å². The molecule has 3 rings (SSSR count). The van der Waals surface area contributed by atoms with Crippen LogP contribution in [0.15, 0.2) is 77.4 Å². The number of hydrogen-bond acceptors (Lipinski definition) is 3. The van der Waals surface area contributed by atoms with E-state index in [0.717, 1.165) is 28.9 Å². The standard InChI is InChI=1S/C20H18BrN3O/c21-17-7-9-18(10-8-17)24-20(25)16-6-11-19(23-14-16)22-13-12-15-4-2-1-3-5-15/h1-11,14H,12-13H2,(H,22,23)(H,24,25). The first-order valence-electron chi connectivity index (χ1n) is 8.01. The lowest BCUT2D eigenvalue weighted by atomic mass is 10.1. The lowest BCUT2D eigenvalue weighted by molar-refractivity contribution is 0.102. The molecule has 0 saturated heterocycles. The molecule has 0 aliphatic rings. The van der Waals surface area contributed by atoms with Crippen LogP contribution in [-0.4, -0.2) is 17.4 Å². The number of amides is 1. The molecule has 0 spiro atoms. The Morgan fingerprint density at radius 1 is 0.960 bits per heavy atom. The van der Waals surface area contributed by atoms with Crippen molar-refractivity contribution in [3.63, 3.8) is 0 Å². The molecule has 0 unspecified atom stereocenters. The molecule has 3 aromatic rings. The summed E-state index contributed by atoms with van der Waals surface area (Å²) in [7, 11) is 0. The minimum atomic E-state index is -0.175. The van der Waals surface area contributed by atoms with Gasteiger partial charge in [0.15, 0.2) is 0 Å². The lowest BCUT2D eigenvalue weighted by Crippen LogP contribution is -2.13. The number of halogens is 1. The van der Waals surface area contributed by atoms with Gasteiger partial charge in [0.05, 0.1) is 5.56 Å². The van der Waals surface area contributed by atoms with Crippen LogP contribution >= 0.6 is 15.9 Å². The molecule has 1 aromatic heterocycles. The van der Waals surface area contributed by atoms with Crippen molar-refractivity contribution in [1.82, 2.24) is 4.98 Å². The number of nitrogens with one attached hydrogen (secondary N) is 2. The first-order valence-corrected chi connectivity index (χ1v) is 8.81. The molecule has 0 aliphatic carbocycles. The van der Waals surface area contributed by atoms with Crippen LogP contribution in [0, 0.1) is 0 Å². The highest BCUT2D eigenvalue weighted by Gasteiger charge is 2.06. The summed E-state index contributed by atoms with van der Waals surface area (Å²) in [4.78, 5) is 16.5. The van der Waals surface area contributed by atoms with Crippen molar-refractivity contribution >= 4 is 33.3 Å². The van der Waals surface area contributed by atoms with Crippen molar-refractivity contribution in [2.75, 3.05) is 17.2 Å². The van der Waals surface area contributed by atoms with E-state index in [9.17, 15) is 4.79 Å². The van der Waals surface area contributed by atoms with E-state index >= 15 is 0 Å². The Morgan fingerprint density at radius 2 is 1.72 bits per heavy atom. The summed E-state index contributed by atoms with van der Waals surface area (Å²) in [5.41, 5.74) is 2.55. The SMILES string of the molecule is O=C(Nc1ccc(Br)cc1)c1ccc(NCCc2ccccc2)nc1. The fraction of sp³-hybridized carbons (Fsp3) is 0.100. The van der Waals surface area contributed by atoms with E-state index < -0.39 is 0 Å². The number of carbonyl (C=O) groups excluding carboxylic acids is 1. The van der Waals surface area contributed by atoms with E-state index in [2.05, 4.69) is 43.7 Å². The van der Waals surface area contributed by atoms with Gasteiger partial charge < -0.3 is 10.6 Å². The van der Waals surface area contributed by atoms with Crippen molar-refractivity contribution in [2.24, 2.45) is 0 Å². The van der Waals surface area contributed by atoms with Crippen LogP contribution in [0.25, 0.3) is 0 Å². The fourth-order valence-corrected chi connectivity index (χ4v) is 2.61. The predicted molar refractivity (Wildman–Crippen MR) is 105 cm³/mol. The van der Waals surface area contributed by atoms with Gasteiger partial charge in [0, 0.05) is 22.9 Å². The van der Waals surface area contributed by atoms with Crippen LogP contribution in [0.1, 0.15) is 15.9 Å². The average Bonchev–Trinajstić information content (AvgIpc) is 2.65. The number of rotatable bonds is 6. The third-order valence-corrected chi connectivity index (χ3v) is 4.22. The molecule has 0 radical (unpaired) electrons. The molecule has 0 bridgehead atoms. The van der Waals surface area contributed by atoms with Gasteiger partial charge >= 0.3 is 0 Å². The molecule has 4 nitrogen and oxygen atoms in total. The van der Waals surface area contributed by atoms with Gasteiger partial charge in [0.1, 0.15) is 5.82 Å². The van der Waals surface area contributed by atoms with E-state index in [1.165, 1.54) is 5.56 Å². The summed E-state index contributed by atoms with van der Waals surface area (Å²) in [5.74, 6) is 0.585. The third kappa shape index (κ3) is 5.16. The largest absolute Gasteiger partial charge is 0.370 e. The number of benzene rings is 2. The van der Waals surface area contributed by atoms with Crippen molar-refractivity contribution in [3.05, 3.63) is 88.5 Å². The van der Waals surface area contributed by atoms with Crippen LogP contribution < -0.4 is 10.6 Å². The highest BCUT2D eigenvalue weighted by molar-refractivity contribution is 9.10. The Bertz CT molecular complexity index is 818. The maximum absolute atomic E-state index is 12.2. The summed E-state index contributed by atoms with van der Waals surface area (Å²) >= 11 is 3.37. The van der Waals surface area contributed by atoms with E-state index in [1.807, 2.05) is 48.5 Å². The zero-order valence-corrected chi connectivity index (χ0v) is 15.2. The second-order valence-electron chi connectivity index (χ2n) is 5.56. The van der Waals surface area contributed by atoms with E-state index in [-0.39, 0.29) is 5.91 Å². The van der Waals surface area contributed by atoms with Crippen LogP contribution in [-0.2, 0) is 6.42 Å². The molecule has 5 heteroatoms. The minimum absolute atomic E-state index is 0.175. The maximum Gasteiger partial charge on any atom is 0.257 e. The monoisotopic (exact) mass is 395 g/mol. The number of hydrogen-bond donors (Lipinski definition) is 2. The Hall–Kier alpha value is -2.66. The Kier molecular flexibility index (Phi) is 5.80. The van der Waals surface area contributed by atoms with Gasteiger partial charge in [-0.1, -0.05) is 46.3 Å². The van der Waals surface area contributed by atoms with Crippen molar-refractivity contribution in [1.29, 1.82) is 0 Å². The molecule has 1 amide bonds. The van der Waals surface area contributed by atoms with Gasteiger partial charge in [0.25, 0.3) is 5.91 Å². The van der Waals surface area contributed by atoms with Crippen molar-refractivity contribution in [2.45, 2.75) is 6.42 Å². The van der Waals surface area contributed by atoms with Gasteiger partial charge in [-0.2, -0.15) is 0 Å². The third-order valence-electron chi connectivity index (χ3n) is 3.69. The number of nitrogens with zero attached hydrogens (tertiary/aromatic N) is 1. The second kappa shape index (κ2) is 8.44. The Labute approximate surface area is 155 Å². The first kappa shape index (κ1) is 17.2. The van der Waals surface area contributed by atoms with E-state index in [4.69, 9.17) is 0 Å². The number of pyridine rings is 1. The first-order chi connectivity index (χ1) is 12.2. The molecular formula is C20H18BrN3O. The maximum atomic E-state index is 12.2. The molecule has 2 aromatic carbocycles. The Balaban J connectivity index is 1.52. The zero-order chi connectivity index (χ0) is 17.5. The highest BCUT2D eigenvalue weighted by atomic mass is 79.9. The topological polar surface area (TPSA) is 54.0 Å². The molecule has 0 saturated carbocycles. The van der Waals surface area contributed by atoms with Crippen LogP contribution in [0.4, 0.5) is 11.5 Å². The van der Waals surface area contributed by atoms with Crippen LogP contribution in [0.2, 0.25) is 0 Å². The molecule has 0 aliphatic heterocycles. The average molecular weight is 396 g/mol. The number of carbonyl (C=O) groups is 1.